The lowest BCUT2D eigenvalue weighted by Crippen LogP contribution is -2.20. The Morgan fingerprint density at radius 1 is 0.765 bits per heavy atom. The van der Waals surface area contributed by atoms with Crippen LogP contribution in [0.2, 0.25) is 0 Å². The van der Waals surface area contributed by atoms with E-state index in [1.54, 1.807) is 31.0 Å². The van der Waals surface area contributed by atoms with Crippen LogP contribution in [0.1, 0.15) is 11.4 Å². The molecule has 0 spiro atoms. The van der Waals surface area contributed by atoms with Crippen molar-refractivity contribution in [1.82, 2.24) is 35.1 Å². The summed E-state index contributed by atoms with van der Waals surface area (Å²) in [6, 6.07) is 17.3. The van der Waals surface area contributed by atoms with Crippen molar-refractivity contribution < 1.29 is 0 Å². The first-order chi connectivity index (χ1) is 16.7. The molecule has 166 valence electrons. The van der Waals surface area contributed by atoms with Gasteiger partial charge in [0.25, 0.3) is 0 Å². The van der Waals surface area contributed by atoms with E-state index in [0.717, 1.165) is 33.9 Å². The van der Waals surface area contributed by atoms with Gasteiger partial charge < -0.3 is 10.6 Å². The molecular formula is C24H19N9S. The van der Waals surface area contributed by atoms with Gasteiger partial charge in [-0.15, -0.1) is 0 Å². The molecule has 1 aromatic carbocycles. The molecular weight excluding hydrogens is 446 g/mol. The minimum atomic E-state index is 0.400. The van der Waals surface area contributed by atoms with E-state index in [4.69, 9.17) is 12.2 Å². The molecule has 9 nitrogen and oxygen atoms in total. The maximum atomic E-state index is 5.43. The third-order valence-electron chi connectivity index (χ3n) is 4.91. The van der Waals surface area contributed by atoms with Crippen LogP contribution in [0.4, 0.5) is 11.6 Å². The molecule has 10 heteroatoms. The molecule has 0 saturated heterocycles. The summed E-state index contributed by atoms with van der Waals surface area (Å²) in [4.78, 5) is 21.4. The second-order valence-electron chi connectivity index (χ2n) is 7.30. The van der Waals surface area contributed by atoms with Crippen LogP contribution >= 0.6 is 12.2 Å². The van der Waals surface area contributed by atoms with Crippen molar-refractivity contribution in [3.05, 3.63) is 97.0 Å². The molecule has 0 radical (unpaired) electrons. The van der Waals surface area contributed by atoms with Crippen LogP contribution < -0.4 is 10.6 Å². The zero-order valence-corrected chi connectivity index (χ0v) is 18.7. The van der Waals surface area contributed by atoms with Crippen molar-refractivity contribution >= 4 is 29.0 Å². The Bertz CT molecular complexity index is 1390. The highest BCUT2D eigenvalue weighted by atomic mass is 32.1. The van der Waals surface area contributed by atoms with E-state index in [0.29, 0.717) is 23.3 Å². The molecule has 4 aromatic heterocycles. The van der Waals surface area contributed by atoms with Gasteiger partial charge in [0, 0.05) is 54.2 Å². The number of hydrogen-bond acceptors (Lipinski definition) is 7. The van der Waals surface area contributed by atoms with Crippen molar-refractivity contribution in [1.29, 1.82) is 0 Å². The average molecular weight is 466 g/mol. The number of H-pyrrole nitrogens is 1. The van der Waals surface area contributed by atoms with E-state index in [2.05, 4.69) is 45.8 Å². The van der Waals surface area contributed by atoms with Crippen molar-refractivity contribution in [2.45, 2.75) is 6.42 Å². The van der Waals surface area contributed by atoms with Gasteiger partial charge in [-0.05, 0) is 60.2 Å². The van der Waals surface area contributed by atoms with E-state index in [9.17, 15) is 0 Å². The predicted octanol–water partition coefficient (Wildman–Crippen LogP) is 4.12. The molecule has 0 fully saturated rings. The molecule has 0 unspecified atom stereocenters. The number of aromatic amines is 1. The maximum absolute atomic E-state index is 5.43. The first-order valence-corrected chi connectivity index (χ1v) is 10.9. The van der Waals surface area contributed by atoms with Crippen LogP contribution in [-0.4, -0.2) is 40.2 Å². The number of nitrogens with zero attached hydrogens (tertiary/aromatic N) is 6. The number of anilines is 2. The third kappa shape index (κ3) is 5.25. The minimum absolute atomic E-state index is 0.400. The van der Waals surface area contributed by atoms with Gasteiger partial charge >= 0.3 is 0 Å². The fourth-order valence-electron chi connectivity index (χ4n) is 3.27. The number of aromatic nitrogens is 7. The molecule has 4 heterocycles. The number of hydrogen-bond donors (Lipinski definition) is 3. The number of benzene rings is 1. The lowest BCUT2D eigenvalue weighted by molar-refractivity contribution is 0.973. The molecule has 0 saturated carbocycles. The van der Waals surface area contributed by atoms with E-state index < -0.39 is 0 Å². The molecule has 0 atom stereocenters. The SMILES string of the molecule is S=C(Nc1ccc(Cc2nc(-c3ccncc3)n[nH]2)cc1)Nc1nccc(-c2ccncc2)n1. The second-order valence-corrected chi connectivity index (χ2v) is 7.70. The molecule has 3 N–H and O–H groups in total. The molecule has 5 rings (SSSR count). The quantitative estimate of drug-likeness (QED) is 0.318. The third-order valence-corrected chi connectivity index (χ3v) is 5.11. The number of thiocarbonyl (C=S) groups is 1. The summed E-state index contributed by atoms with van der Waals surface area (Å²) in [5, 5.41) is 13.9. The first-order valence-electron chi connectivity index (χ1n) is 10.4. The van der Waals surface area contributed by atoms with Crippen LogP contribution in [0.15, 0.2) is 85.6 Å². The van der Waals surface area contributed by atoms with Gasteiger partial charge in [0.1, 0.15) is 5.82 Å². The van der Waals surface area contributed by atoms with Crippen LogP contribution in [0.25, 0.3) is 22.6 Å². The predicted molar refractivity (Wildman–Crippen MR) is 134 cm³/mol. The number of nitrogens with one attached hydrogen (secondary N) is 3. The Labute approximate surface area is 200 Å². The maximum Gasteiger partial charge on any atom is 0.229 e. The minimum Gasteiger partial charge on any atom is -0.332 e. The summed E-state index contributed by atoms with van der Waals surface area (Å²) in [7, 11) is 0. The van der Waals surface area contributed by atoms with Gasteiger partial charge in [0.05, 0.1) is 5.69 Å². The van der Waals surface area contributed by atoms with Gasteiger partial charge in [-0.1, -0.05) is 12.1 Å². The standard InChI is InChI=1S/C24H19N9S/c34-24(31-23-27-14-9-20(29-23)17-5-10-25-11-6-17)28-19-3-1-16(2-4-19)15-21-30-22(33-32-21)18-7-12-26-13-8-18/h1-14H,15H2,(H,30,32,33)(H2,27,28,29,31,34). The summed E-state index contributed by atoms with van der Waals surface area (Å²) in [6.45, 7) is 0. The van der Waals surface area contributed by atoms with Crippen LogP contribution in [0.3, 0.4) is 0 Å². The van der Waals surface area contributed by atoms with E-state index in [1.807, 2.05) is 54.6 Å². The Balaban J connectivity index is 1.19. The monoisotopic (exact) mass is 465 g/mol. The number of rotatable bonds is 6. The molecule has 0 aliphatic rings. The summed E-state index contributed by atoms with van der Waals surface area (Å²) in [5.41, 5.74) is 4.60. The molecule has 0 aliphatic heterocycles. The summed E-state index contributed by atoms with van der Waals surface area (Å²) >= 11 is 5.43. The Hall–Kier alpha value is -4.57. The lowest BCUT2D eigenvalue weighted by atomic mass is 10.1. The molecule has 0 aliphatic carbocycles. The van der Waals surface area contributed by atoms with E-state index in [-0.39, 0.29) is 0 Å². The van der Waals surface area contributed by atoms with Crippen molar-refractivity contribution in [2.24, 2.45) is 0 Å². The van der Waals surface area contributed by atoms with Crippen LogP contribution in [0.5, 0.6) is 0 Å². The van der Waals surface area contributed by atoms with Crippen molar-refractivity contribution in [3.8, 4) is 22.6 Å². The summed E-state index contributed by atoms with van der Waals surface area (Å²) in [6.07, 6.45) is 9.22. The van der Waals surface area contributed by atoms with Gasteiger partial charge in [-0.3, -0.25) is 15.1 Å². The lowest BCUT2D eigenvalue weighted by Gasteiger charge is -2.10. The fraction of sp³-hybridized carbons (Fsp3) is 0.0417. The van der Waals surface area contributed by atoms with Gasteiger partial charge in [-0.25, -0.2) is 15.0 Å². The highest BCUT2D eigenvalue weighted by Crippen LogP contribution is 2.18. The molecule has 5 aromatic rings. The highest BCUT2D eigenvalue weighted by Gasteiger charge is 2.08. The average Bonchev–Trinajstić information content (AvgIpc) is 3.35. The zero-order valence-electron chi connectivity index (χ0n) is 17.9. The van der Waals surface area contributed by atoms with Gasteiger partial charge in [0.15, 0.2) is 10.9 Å². The van der Waals surface area contributed by atoms with E-state index >= 15 is 0 Å². The zero-order chi connectivity index (χ0) is 23.2. The van der Waals surface area contributed by atoms with Crippen LogP contribution in [0, 0.1) is 0 Å². The van der Waals surface area contributed by atoms with Crippen molar-refractivity contribution in [2.75, 3.05) is 10.6 Å². The Kier molecular flexibility index (Phi) is 6.21. The van der Waals surface area contributed by atoms with E-state index in [1.165, 1.54) is 0 Å². The molecule has 0 bridgehead atoms. The normalized spacial score (nSPS) is 10.6. The smallest absolute Gasteiger partial charge is 0.229 e. The topological polar surface area (TPSA) is 117 Å². The second kappa shape index (κ2) is 9.92. The number of pyridine rings is 2. The fourth-order valence-corrected chi connectivity index (χ4v) is 3.48. The Morgan fingerprint density at radius 2 is 1.47 bits per heavy atom. The molecule has 34 heavy (non-hydrogen) atoms. The Morgan fingerprint density at radius 3 is 2.21 bits per heavy atom. The van der Waals surface area contributed by atoms with Gasteiger partial charge in [0.2, 0.25) is 5.95 Å². The molecule has 0 amide bonds. The summed E-state index contributed by atoms with van der Waals surface area (Å²) < 4.78 is 0. The largest absolute Gasteiger partial charge is 0.332 e. The van der Waals surface area contributed by atoms with Crippen molar-refractivity contribution in [3.63, 3.8) is 0 Å². The van der Waals surface area contributed by atoms with Crippen LogP contribution in [-0.2, 0) is 6.42 Å². The van der Waals surface area contributed by atoms with Gasteiger partial charge in [-0.2, -0.15) is 5.10 Å². The highest BCUT2D eigenvalue weighted by molar-refractivity contribution is 7.80. The first kappa shape index (κ1) is 21.3. The summed E-state index contributed by atoms with van der Waals surface area (Å²) in [5.74, 6) is 1.86.